The Labute approximate surface area is 151 Å². The molecule has 2 aromatic rings. The van der Waals surface area contributed by atoms with Gasteiger partial charge in [-0.15, -0.1) is 0 Å². The molecule has 0 spiro atoms. The zero-order valence-corrected chi connectivity index (χ0v) is 15.6. The van der Waals surface area contributed by atoms with E-state index < -0.39 is 5.60 Å². The molecule has 3 aliphatic heterocycles. The Morgan fingerprint density at radius 2 is 1.64 bits per heavy atom. The molecule has 1 N–H and O–H groups in total. The van der Waals surface area contributed by atoms with Crippen LogP contribution < -0.4 is 0 Å². The normalized spacial score (nSPS) is 30.9. The third-order valence-corrected chi connectivity index (χ3v) is 6.76. The van der Waals surface area contributed by atoms with Gasteiger partial charge >= 0.3 is 0 Å². The van der Waals surface area contributed by atoms with Gasteiger partial charge < -0.3 is 5.11 Å². The highest BCUT2D eigenvalue weighted by Crippen LogP contribution is 2.53. The quantitative estimate of drug-likeness (QED) is 0.886. The third kappa shape index (κ3) is 2.72. The van der Waals surface area contributed by atoms with Crippen LogP contribution >= 0.6 is 0 Å². The van der Waals surface area contributed by atoms with Crippen LogP contribution in [0.25, 0.3) is 0 Å². The summed E-state index contributed by atoms with van der Waals surface area (Å²) in [5.41, 5.74) is 4.13. The second-order valence-electron chi connectivity index (χ2n) is 8.15. The minimum atomic E-state index is -0.819. The van der Waals surface area contributed by atoms with E-state index in [9.17, 15) is 5.11 Å². The van der Waals surface area contributed by atoms with Crippen LogP contribution in [0.1, 0.15) is 48.1 Å². The van der Waals surface area contributed by atoms with Gasteiger partial charge in [-0.25, -0.2) is 0 Å². The van der Waals surface area contributed by atoms with Gasteiger partial charge in [0.2, 0.25) is 0 Å². The van der Waals surface area contributed by atoms with Gasteiger partial charge in [0, 0.05) is 12.0 Å². The van der Waals surface area contributed by atoms with Gasteiger partial charge in [0.15, 0.2) is 0 Å². The lowest BCUT2D eigenvalue weighted by atomic mass is 9.62. The highest BCUT2D eigenvalue weighted by Gasteiger charge is 2.51. The maximum Gasteiger partial charge on any atom is 0.0920 e. The summed E-state index contributed by atoms with van der Waals surface area (Å²) in [7, 11) is 0. The van der Waals surface area contributed by atoms with Crippen LogP contribution in [-0.4, -0.2) is 23.1 Å². The van der Waals surface area contributed by atoms with Crippen LogP contribution in [-0.2, 0) is 5.60 Å². The molecule has 0 radical (unpaired) electrons. The van der Waals surface area contributed by atoms with Crippen molar-refractivity contribution in [2.45, 2.75) is 45.3 Å². The Balaban J connectivity index is 1.81. The maximum atomic E-state index is 11.8. The molecule has 3 fully saturated rings. The summed E-state index contributed by atoms with van der Waals surface area (Å²) in [6.45, 7) is 8.66. The number of hydrogen-bond donors (Lipinski definition) is 1. The molecule has 3 atom stereocenters. The molecular weight excluding hydrogens is 306 g/mol. The molecule has 132 valence electrons. The van der Waals surface area contributed by atoms with E-state index in [1.54, 1.807) is 0 Å². The molecule has 3 aliphatic rings. The summed E-state index contributed by atoms with van der Waals surface area (Å²) in [5, 5.41) is 11.8. The van der Waals surface area contributed by atoms with E-state index >= 15 is 0 Å². The molecule has 5 rings (SSSR count). The largest absolute Gasteiger partial charge is 0.385 e. The van der Waals surface area contributed by atoms with E-state index in [0.29, 0.717) is 12.0 Å². The first-order valence-electron chi connectivity index (χ1n) is 9.58. The SMILES string of the molecule is Cc1cccc(C(C)(O)C2C3CCN(CC3)C2c2ccccc2)c1C. The van der Waals surface area contributed by atoms with Gasteiger partial charge in [-0.1, -0.05) is 48.5 Å². The summed E-state index contributed by atoms with van der Waals surface area (Å²) in [6.07, 6.45) is 2.41. The number of fused-ring (bicyclic) bond motifs is 3. The van der Waals surface area contributed by atoms with Crippen molar-refractivity contribution in [2.24, 2.45) is 11.8 Å². The summed E-state index contributed by atoms with van der Waals surface area (Å²) in [5.74, 6) is 0.822. The topological polar surface area (TPSA) is 23.5 Å². The van der Waals surface area contributed by atoms with Crippen molar-refractivity contribution in [3.63, 3.8) is 0 Å². The molecule has 2 bridgehead atoms. The zero-order valence-electron chi connectivity index (χ0n) is 15.6. The Kier molecular flexibility index (Phi) is 4.21. The van der Waals surface area contributed by atoms with Gasteiger partial charge in [-0.05, 0) is 74.9 Å². The molecule has 25 heavy (non-hydrogen) atoms. The summed E-state index contributed by atoms with van der Waals surface area (Å²) in [4.78, 5) is 2.60. The molecular formula is C23H29NO. The van der Waals surface area contributed by atoms with E-state index in [2.05, 4.69) is 74.2 Å². The minimum Gasteiger partial charge on any atom is -0.385 e. The zero-order chi connectivity index (χ0) is 17.6. The number of aryl methyl sites for hydroxylation is 1. The van der Waals surface area contributed by atoms with Crippen molar-refractivity contribution in [3.8, 4) is 0 Å². The van der Waals surface area contributed by atoms with E-state index in [1.807, 2.05) is 0 Å². The Hall–Kier alpha value is -1.64. The van der Waals surface area contributed by atoms with Crippen molar-refractivity contribution >= 4 is 0 Å². The molecule has 0 amide bonds. The van der Waals surface area contributed by atoms with Gasteiger partial charge in [0.05, 0.1) is 5.60 Å². The third-order valence-electron chi connectivity index (χ3n) is 6.76. The Morgan fingerprint density at radius 1 is 0.960 bits per heavy atom. The molecule has 3 heterocycles. The van der Waals surface area contributed by atoms with Crippen molar-refractivity contribution in [1.29, 1.82) is 0 Å². The average Bonchev–Trinajstić information content (AvgIpc) is 2.64. The van der Waals surface area contributed by atoms with Crippen LogP contribution in [0.3, 0.4) is 0 Å². The minimum absolute atomic E-state index is 0.234. The molecule has 0 aliphatic carbocycles. The number of benzene rings is 2. The van der Waals surface area contributed by atoms with Crippen molar-refractivity contribution in [1.82, 2.24) is 4.90 Å². The second kappa shape index (κ2) is 6.26. The second-order valence-corrected chi connectivity index (χ2v) is 8.15. The fourth-order valence-electron chi connectivity index (χ4n) is 5.36. The maximum absolute atomic E-state index is 11.8. The van der Waals surface area contributed by atoms with Crippen LogP contribution in [0.4, 0.5) is 0 Å². The highest BCUT2D eigenvalue weighted by molar-refractivity contribution is 5.38. The first-order chi connectivity index (χ1) is 12.0. The number of aliphatic hydroxyl groups is 1. The van der Waals surface area contributed by atoms with E-state index in [1.165, 1.54) is 29.5 Å². The van der Waals surface area contributed by atoms with E-state index in [-0.39, 0.29) is 5.92 Å². The summed E-state index contributed by atoms with van der Waals surface area (Å²) < 4.78 is 0. The van der Waals surface area contributed by atoms with Crippen molar-refractivity contribution in [2.75, 3.05) is 13.1 Å². The van der Waals surface area contributed by atoms with E-state index in [0.717, 1.165) is 18.7 Å². The predicted molar refractivity (Wildman–Crippen MR) is 102 cm³/mol. The van der Waals surface area contributed by atoms with Crippen molar-refractivity contribution in [3.05, 3.63) is 70.8 Å². The monoisotopic (exact) mass is 335 g/mol. The van der Waals surface area contributed by atoms with Crippen LogP contribution in [0.5, 0.6) is 0 Å². The van der Waals surface area contributed by atoms with Crippen molar-refractivity contribution < 1.29 is 5.11 Å². The first kappa shape index (κ1) is 16.8. The number of piperidine rings is 3. The molecule has 2 nitrogen and oxygen atoms in total. The lowest BCUT2D eigenvalue weighted by Crippen LogP contribution is -2.56. The molecule has 0 saturated carbocycles. The number of hydrogen-bond acceptors (Lipinski definition) is 2. The molecule has 0 aromatic heterocycles. The Bertz CT molecular complexity index is 744. The number of nitrogens with zero attached hydrogens (tertiary/aromatic N) is 1. The van der Waals surface area contributed by atoms with Gasteiger partial charge in [0.1, 0.15) is 0 Å². The fraction of sp³-hybridized carbons (Fsp3) is 0.478. The molecule has 2 aromatic carbocycles. The van der Waals surface area contributed by atoms with E-state index in [4.69, 9.17) is 0 Å². The first-order valence-corrected chi connectivity index (χ1v) is 9.58. The number of rotatable bonds is 3. The molecule has 3 saturated heterocycles. The summed E-state index contributed by atoms with van der Waals surface area (Å²) in [6, 6.07) is 17.5. The van der Waals surface area contributed by atoms with Crippen LogP contribution in [0.15, 0.2) is 48.5 Å². The van der Waals surface area contributed by atoms with Gasteiger partial charge in [-0.3, -0.25) is 4.90 Å². The predicted octanol–water partition coefficient (Wildman–Crippen LogP) is 4.59. The fourth-order valence-corrected chi connectivity index (χ4v) is 5.36. The summed E-state index contributed by atoms with van der Waals surface area (Å²) >= 11 is 0. The molecule has 2 heteroatoms. The van der Waals surface area contributed by atoms with Crippen LogP contribution in [0.2, 0.25) is 0 Å². The lowest BCUT2D eigenvalue weighted by Gasteiger charge is -2.56. The van der Waals surface area contributed by atoms with Crippen LogP contribution in [0, 0.1) is 25.7 Å². The molecule has 3 unspecified atom stereocenters. The Morgan fingerprint density at radius 3 is 2.32 bits per heavy atom. The average molecular weight is 335 g/mol. The van der Waals surface area contributed by atoms with Gasteiger partial charge in [0.25, 0.3) is 0 Å². The lowest BCUT2D eigenvalue weighted by molar-refractivity contribution is -0.127. The smallest absolute Gasteiger partial charge is 0.0920 e. The highest BCUT2D eigenvalue weighted by atomic mass is 16.3. The van der Waals surface area contributed by atoms with Gasteiger partial charge in [-0.2, -0.15) is 0 Å². The standard InChI is InChI=1S/C23H29NO/c1-16-8-7-11-20(17(16)2)23(3,25)21-18-12-14-24(15-13-18)22(21)19-9-5-4-6-10-19/h4-11,18,21-22,25H,12-15H2,1-3H3.